The van der Waals surface area contributed by atoms with E-state index in [-0.39, 0.29) is 11.1 Å². The summed E-state index contributed by atoms with van der Waals surface area (Å²) in [6, 6.07) is 3.33. The molecule has 9 heteroatoms. The van der Waals surface area contributed by atoms with Crippen molar-refractivity contribution < 1.29 is 9.18 Å². The van der Waals surface area contributed by atoms with Crippen LogP contribution in [0.4, 0.5) is 15.9 Å². The maximum absolute atomic E-state index is 13.5. The SMILES string of the molecule is NCC1(n2cc(C(N)=O)c(Nc3ccnc(F)c3)n2)CCC(NCC2CCCCC2)CC1. The van der Waals surface area contributed by atoms with Crippen LogP contribution in [0, 0.1) is 11.9 Å². The molecule has 0 atom stereocenters. The molecule has 174 valence electrons. The highest BCUT2D eigenvalue weighted by Gasteiger charge is 2.37. The molecule has 0 aliphatic heterocycles. The molecule has 0 spiro atoms. The third-order valence-corrected chi connectivity index (χ3v) is 7.17. The molecule has 2 fully saturated rings. The van der Waals surface area contributed by atoms with E-state index in [2.05, 4.69) is 20.7 Å². The summed E-state index contributed by atoms with van der Waals surface area (Å²) in [5.74, 6) is -0.106. The predicted octanol–water partition coefficient (Wildman–Crippen LogP) is 3.03. The summed E-state index contributed by atoms with van der Waals surface area (Å²) in [5.41, 5.74) is 12.2. The molecule has 0 aromatic carbocycles. The van der Waals surface area contributed by atoms with Crippen LogP contribution < -0.4 is 22.1 Å². The number of nitrogens with one attached hydrogen (secondary N) is 2. The number of carbonyl (C=O) groups is 1. The first kappa shape index (κ1) is 22.7. The lowest BCUT2D eigenvalue weighted by atomic mass is 9.79. The van der Waals surface area contributed by atoms with E-state index >= 15 is 0 Å². The number of pyridine rings is 1. The Kier molecular flexibility index (Phi) is 7.05. The number of hydrogen-bond acceptors (Lipinski definition) is 6. The Bertz CT molecular complexity index is 917. The summed E-state index contributed by atoms with van der Waals surface area (Å²) in [5, 5.41) is 11.4. The van der Waals surface area contributed by atoms with Crippen LogP contribution in [0.15, 0.2) is 24.5 Å². The van der Waals surface area contributed by atoms with Gasteiger partial charge in [-0.05, 0) is 57.1 Å². The molecule has 0 unspecified atom stereocenters. The monoisotopic (exact) mass is 443 g/mol. The zero-order chi connectivity index (χ0) is 22.6. The van der Waals surface area contributed by atoms with Gasteiger partial charge in [0.2, 0.25) is 5.95 Å². The maximum atomic E-state index is 13.5. The zero-order valence-corrected chi connectivity index (χ0v) is 18.5. The summed E-state index contributed by atoms with van der Waals surface area (Å²) in [7, 11) is 0. The lowest BCUT2D eigenvalue weighted by Gasteiger charge is -2.40. The maximum Gasteiger partial charge on any atom is 0.254 e. The lowest BCUT2D eigenvalue weighted by molar-refractivity contribution is 0.1000. The van der Waals surface area contributed by atoms with Crippen molar-refractivity contribution in [2.45, 2.75) is 69.4 Å². The van der Waals surface area contributed by atoms with Gasteiger partial charge in [0.1, 0.15) is 5.56 Å². The highest BCUT2D eigenvalue weighted by molar-refractivity contribution is 5.98. The minimum absolute atomic E-state index is 0.257. The van der Waals surface area contributed by atoms with Gasteiger partial charge in [0.15, 0.2) is 5.82 Å². The smallest absolute Gasteiger partial charge is 0.254 e. The zero-order valence-electron chi connectivity index (χ0n) is 18.5. The van der Waals surface area contributed by atoms with Crippen molar-refractivity contribution in [2.24, 2.45) is 17.4 Å². The molecule has 0 saturated heterocycles. The number of nitrogens with zero attached hydrogens (tertiary/aromatic N) is 3. The summed E-state index contributed by atoms with van der Waals surface area (Å²) in [6.07, 6.45) is 13.6. The standard InChI is InChI=1S/C23H34FN7O/c24-20-12-18(8-11-27-20)29-22-19(21(26)32)14-31(30-22)23(15-25)9-6-17(7-10-23)28-13-16-4-2-1-3-5-16/h8,11-12,14,16-17,28H,1-7,9-10,13,15,25H2,(H2,26,32)(H,27,29,30). The second-order valence-corrected chi connectivity index (χ2v) is 9.31. The third kappa shape index (κ3) is 5.10. The molecule has 4 rings (SSSR count). The van der Waals surface area contributed by atoms with Crippen molar-refractivity contribution in [3.05, 3.63) is 36.0 Å². The number of hydrogen-bond donors (Lipinski definition) is 4. The van der Waals surface area contributed by atoms with Crippen LogP contribution in [0.2, 0.25) is 0 Å². The van der Waals surface area contributed by atoms with Crippen LogP contribution in [0.1, 0.15) is 68.1 Å². The van der Waals surface area contributed by atoms with E-state index in [9.17, 15) is 9.18 Å². The van der Waals surface area contributed by atoms with Gasteiger partial charge in [-0.25, -0.2) is 4.98 Å². The van der Waals surface area contributed by atoms with E-state index in [4.69, 9.17) is 11.5 Å². The minimum Gasteiger partial charge on any atom is -0.365 e. The molecular formula is C23H34FN7O. The van der Waals surface area contributed by atoms with Crippen LogP contribution in [-0.4, -0.2) is 39.8 Å². The fourth-order valence-corrected chi connectivity index (χ4v) is 5.12. The summed E-state index contributed by atoms with van der Waals surface area (Å²) < 4.78 is 15.3. The molecule has 32 heavy (non-hydrogen) atoms. The van der Waals surface area contributed by atoms with Gasteiger partial charge in [0.25, 0.3) is 5.91 Å². The van der Waals surface area contributed by atoms with Crippen molar-refractivity contribution in [3.8, 4) is 0 Å². The van der Waals surface area contributed by atoms with Gasteiger partial charge in [0, 0.05) is 36.7 Å². The molecule has 2 aliphatic carbocycles. The van der Waals surface area contributed by atoms with Crippen LogP contribution in [0.25, 0.3) is 0 Å². The highest BCUT2D eigenvalue weighted by atomic mass is 19.1. The van der Waals surface area contributed by atoms with E-state index in [1.807, 2.05) is 0 Å². The van der Waals surface area contributed by atoms with Crippen LogP contribution in [0.3, 0.4) is 0 Å². The number of nitrogens with two attached hydrogens (primary N) is 2. The normalized spacial score (nSPS) is 24.4. The first-order chi connectivity index (χ1) is 15.5. The van der Waals surface area contributed by atoms with Gasteiger partial charge in [-0.1, -0.05) is 19.3 Å². The van der Waals surface area contributed by atoms with E-state index in [0.29, 0.717) is 24.1 Å². The van der Waals surface area contributed by atoms with Gasteiger partial charge in [-0.2, -0.15) is 9.49 Å². The molecule has 8 nitrogen and oxygen atoms in total. The first-order valence-corrected chi connectivity index (χ1v) is 11.7. The van der Waals surface area contributed by atoms with Gasteiger partial charge in [0.05, 0.1) is 5.54 Å². The van der Waals surface area contributed by atoms with Crippen molar-refractivity contribution in [3.63, 3.8) is 0 Å². The van der Waals surface area contributed by atoms with Crippen LogP contribution in [0.5, 0.6) is 0 Å². The topological polar surface area (TPSA) is 124 Å². The summed E-state index contributed by atoms with van der Waals surface area (Å²) >= 11 is 0. The van der Waals surface area contributed by atoms with Crippen molar-refractivity contribution in [1.29, 1.82) is 0 Å². The molecule has 0 radical (unpaired) electrons. The largest absolute Gasteiger partial charge is 0.365 e. The molecule has 2 aliphatic rings. The van der Waals surface area contributed by atoms with Gasteiger partial charge < -0.3 is 22.1 Å². The number of carbonyl (C=O) groups excluding carboxylic acids is 1. The molecule has 2 aromatic heterocycles. The Labute approximate surface area is 188 Å². The highest BCUT2D eigenvalue weighted by Crippen LogP contribution is 2.36. The average molecular weight is 444 g/mol. The van der Waals surface area contributed by atoms with E-state index in [1.54, 1.807) is 16.9 Å². The van der Waals surface area contributed by atoms with Gasteiger partial charge >= 0.3 is 0 Å². The van der Waals surface area contributed by atoms with Crippen LogP contribution >= 0.6 is 0 Å². The molecule has 1 amide bonds. The Morgan fingerprint density at radius 2 is 1.97 bits per heavy atom. The fourth-order valence-electron chi connectivity index (χ4n) is 5.12. The molecule has 2 heterocycles. The van der Waals surface area contributed by atoms with Crippen LogP contribution in [-0.2, 0) is 5.54 Å². The number of aromatic nitrogens is 3. The number of anilines is 2. The van der Waals surface area contributed by atoms with E-state index < -0.39 is 11.9 Å². The first-order valence-electron chi connectivity index (χ1n) is 11.7. The van der Waals surface area contributed by atoms with Crippen molar-refractivity contribution >= 4 is 17.4 Å². The Balaban J connectivity index is 1.44. The average Bonchev–Trinajstić information content (AvgIpc) is 3.23. The van der Waals surface area contributed by atoms with E-state index in [1.165, 1.54) is 44.4 Å². The third-order valence-electron chi connectivity index (χ3n) is 7.17. The second-order valence-electron chi connectivity index (χ2n) is 9.31. The van der Waals surface area contributed by atoms with Gasteiger partial charge in [-0.15, -0.1) is 0 Å². The number of rotatable bonds is 8. The Morgan fingerprint density at radius 1 is 1.22 bits per heavy atom. The summed E-state index contributed by atoms with van der Waals surface area (Å²) in [6.45, 7) is 1.52. The Morgan fingerprint density at radius 3 is 2.62 bits per heavy atom. The van der Waals surface area contributed by atoms with E-state index in [0.717, 1.165) is 38.1 Å². The quantitative estimate of drug-likeness (QED) is 0.465. The summed E-state index contributed by atoms with van der Waals surface area (Å²) in [4.78, 5) is 15.6. The lowest BCUT2D eigenvalue weighted by Crippen LogP contribution is -2.48. The molecular weight excluding hydrogens is 409 g/mol. The van der Waals surface area contributed by atoms with Gasteiger partial charge in [-0.3, -0.25) is 9.48 Å². The Hall–Kier alpha value is -2.52. The van der Waals surface area contributed by atoms with Crippen molar-refractivity contribution in [1.82, 2.24) is 20.1 Å². The number of primary amides is 1. The fraction of sp³-hybridized carbons (Fsp3) is 0.609. The predicted molar refractivity (Wildman–Crippen MR) is 122 cm³/mol. The minimum atomic E-state index is -0.618. The molecule has 2 saturated carbocycles. The molecule has 2 aromatic rings. The number of halogens is 1. The molecule has 6 N–H and O–H groups in total. The van der Waals surface area contributed by atoms with Crippen molar-refractivity contribution in [2.75, 3.05) is 18.4 Å². The number of amides is 1. The second kappa shape index (κ2) is 9.95. The molecule has 0 bridgehead atoms.